The van der Waals surface area contributed by atoms with Crippen molar-refractivity contribution in [2.24, 2.45) is 0 Å². The van der Waals surface area contributed by atoms with E-state index in [1.165, 1.54) is 35.4 Å². The molecule has 11 heteroatoms. The molecule has 0 fully saturated rings. The van der Waals surface area contributed by atoms with Crippen LogP contribution in [0.25, 0.3) is 6.08 Å². The number of aromatic nitrogens is 2. The van der Waals surface area contributed by atoms with Crippen LogP contribution < -0.4 is 16.0 Å². The quantitative estimate of drug-likeness (QED) is 0.205. The zero-order valence-electron chi connectivity index (χ0n) is 19.9. The van der Waals surface area contributed by atoms with Crippen LogP contribution in [0, 0.1) is 6.92 Å². The van der Waals surface area contributed by atoms with Crippen molar-refractivity contribution in [2.45, 2.75) is 24.0 Å². The molecule has 4 rings (SSSR count). The van der Waals surface area contributed by atoms with E-state index in [4.69, 9.17) is 4.42 Å². The van der Waals surface area contributed by atoms with Gasteiger partial charge in [0.25, 0.3) is 11.8 Å². The Morgan fingerprint density at radius 2 is 1.73 bits per heavy atom. The Balaban J connectivity index is 1.39. The highest BCUT2D eigenvalue weighted by molar-refractivity contribution is 8.00. The fourth-order valence-corrected chi connectivity index (χ4v) is 4.55. The lowest BCUT2D eigenvalue weighted by molar-refractivity contribution is -0.115. The molecule has 0 saturated heterocycles. The van der Waals surface area contributed by atoms with E-state index < -0.39 is 11.8 Å². The Hall–Kier alpha value is -4.22. The molecule has 1 atom stereocenters. The van der Waals surface area contributed by atoms with Crippen molar-refractivity contribution < 1.29 is 18.8 Å². The van der Waals surface area contributed by atoms with Gasteiger partial charge in [0.15, 0.2) is 0 Å². The summed E-state index contributed by atoms with van der Waals surface area (Å²) in [4.78, 5) is 39.0. The molecule has 4 aromatic rings. The van der Waals surface area contributed by atoms with Crippen molar-refractivity contribution in [3.05, 3.63) is 95.0 Å². The van der Waals surface area contributed by atoms with E-state index in [1.54, 1.807) is 73.7 Å². The van der Waals surface area contributed by atoms with E-state index in [9.17, 15) is 14.4 Å². The summed E-state index contributed by atoms with van der Waals surface area (Å²) in [5.41, 5.74) is 0.969. The Morgan fingerprint density at radius 1 is 0.973 bits per heavy atom. The summed E-state index contributed by atoms with van der Waals surface area (Å²) in [6.07, 6.45) is 2.94. The molecule has 0 saturated carbocycles. The molecule has 2 aromatic carbocycles. The van der Waals surface area contributed by atoms with Gasteiger partial charge in [-0.2, -0.15) is 0 Å². The molecule has 37 heavy (non-hydrogen) atoms. The first kappa shape index (κ1) is 25.9. The SMILES string of the molecule is Cc1nnc(NC(=O)C(C)Sc2ccc(NC(=O)/C(=C/c3ccco3)NC(=O)c3ccccc3)cc2)s1. The highest BCUT2D eigenvalue weighted by atomic mass is 32.2. The van der Waals surface area contributed by atoms with Crippen LogP contribution in [0.4, 0.5) is 10.8 Å². The molecule has 3 amide bonds. The number of benzene rings is 2. The maximum absolute atomic E-state index is 13.0. The Labute approximate surface area is 221 Å². The summed E-state index contributed by atoms with van der Waals surface area (Å²) < 4.78 is 5.31. The molecule has 0 bridgehead atoms. The first-order chi connectivity index (χ1) is 17.9. The lowest BCUT2D eigenvalue weighted by Crippen LogP contribution is -2.30. The van der Waals surface area contributed by atoms with E-state index in [-0.39, 0.29) is 16.9 Å². The maximum atomic E-state index is 13.0. The van der Waals surface area contributed by atoms with Crippen molar-refractivity contribution in [3.63, 3.8) is 0 Å². The summed E-state index contributed by atoms with van der Waals surface area (Å²) in [6, 6.07) is 19.0. The number of anilines is 2. The molecule has 9 nitrogen and oxygen atoms in total. The fourth-order valence-electron chi connectivity index (χ4n) is 3.09. The van der Waals surface area contributed by atoms with Crippen molar-refractivity contribution in [2.75, 3.05) is 10.6 Å². The topological polar surface area (TPSA) is 126 Å². The van der Waals surface area contributed by atoms with E-state index >= 15 is 0 Å². The van der Waals surface area contributed by atoms with Gasteiger partial charge in [-0.1, -0.05) is 29.5 Å². The first-order valence-corrected chi connectivity index (χ1v) is 12.9. The summed E-state index contributed by atoms with van der Waals surface area (Å²) in [5.74, 6) is -0.695. The summed E-state index contributed by atoms with van der Waals surface area (Å²) in [7, 11) is 0. The molecule has 0 aliphatic carbocycles. The Bertz CT molecular complexity index is 1400. The van der Waals surface area contributed by atoms with Gasteiger partial charge in [-0.3, -0.25) is 19.7 Å². The summed E-state index contributed by atoms with van der Waals surface area (Å²) >= 11 is 2.68. The standard InChI is InChI=1S/C26H23N5O4S2/c1-16(23(32)29-26-31-30-17(2)37-26)36-21-12-10-19(11-13-21)27-25(34)22(15-20-9-6-14-35-20)28-24(33)18-7-4-3-5-8-18/h3-16H,1-2H3,(H,27,34)(H,28,33)(H,29,31,32)/b22-15-. The number of hydrogen-bond acceptors (Lipinski definition) is 8. The Kier molecular flexibility index (Phi) is 8.49. The molecule has 188 valence electrons. The Morgan fingerprint density at radius 3 is 2.38 bits per heavy atom. The van der Waals surface area contributed by atoms with Crippen molar-refractivity contribution in [1.29, 1.82) is 0 Å². The van der Waals surface area contributed by atoms with Crippen LogP contribution in [0.2, 0.25) is 0 Å². The minimum Gasteiger partial charge on any atom is -0.465 e. The van der Waals surface area contributed by atoms with Crippen LogP contribution >= 0.6 is 23.1 Å². The lowest BCUT2D eigenvalue weighted by Gasteiger charge is -2.12. The van der Waals surface area contributed by atoms with Crippen LogP contribution in [-0.4, -0.2) is 33.2 Å². The van der Waals surface area contributed by atoms with Gasteiger partial charge in [0.1, 0.15) is 16.5 Å². The molecule has 3 N–H and O–H groups in total. The fraction of sp³-hybridized carbons (Fsp3) is 0.115. The minimum atomic E-state index is -0.513. The van der Waals surface area contributed by atoms with Crippen molar-refractivity contribution >= 4 is 57.7 Å². The third kappa shape index (κ3) is 7.38. The average Bonchev–Trinajstić information content (AvgIpc) is 3.56. The third-order valence-electron chi connectivity index (χ3n) is 4.91. The zero-order chi connectivity index (χ0) is 26.2. The van der Waals surface area contributed by atoms with Crippen LogP contribution in [0.1, 0.15) is 28.0 Å². The lowest BCUT2D eigenvalue weighted by atomic mass is 10.2. The normalized spacial score (nSPS) is 12.0. The van der Waals surface area contributed by atoms with Gasteiger partial charge < -0.3 is 15.1 Å². The molecular weight excluding hydrogens is 510 g/mol. The van der Waals surface area contributed by atoms with E-state index in [0.717, 1.165) is 9.90 Å². The highest BCUT2D eigenvalue weighted by Gasteiger charge is 2.18. The molecule has 0 radical (unpaired) electrons. The number of nitrogens with zero attached hydrogens (tertiary/aromatic N) is 2. The van der Waals surface area contributed by atoms with E-state index in [0.29, 0.717) is 22.1 Å². The summed E-state index contributed by atoms with van der Waals surface area (Å²) in [5, 5.41) is 16.9. The number of furan rings is 1. The second-order valence-electron chi connectivity index (χ2n) is 7.75. The molecular formula is C26H23N5O4S2. The number of hydrogen-bond donors (Lipinski definition) is 3. The molecule has 2 aromatic heterocycles. The minimum absolute atomic E-state index is 0.0273. The smallest absolute Gasteiger partial charge is 0.272 e. The molecule has 0 aliphatic heterocycles. The van der Waals surface area contributed by atoms with Gasteiger partial charge in [-0.25, -0.2) is 0 Å². The second-order valence-corrected chi connectivity index (χ2v) is 10.3. The van der Waals surface area contributed by atoms with Crippen molar-refractivity contribution in [3.8, 4) is 0 Å². The summed E-state index contributed by atoms with van der Waals surface area (Å²) in [6.45, 7) is 3.61. The van der Waals surface area contributed by atoms with Gasteiger partial charge in [0, 0.05) is 22.2 Å². The molecule has 2 heterocycles. The van der Waals surface area contributed by atoms with Crippen LogP contribution in [0.15, 0.2) is 88.0 Å². The highest BCUT2D eigenvalue weighted by Crippen LogP contribution is 2.26. The number of rotatable bonds is 9. The van der Waals surface area contributed by atoms with Gasteiger partial charge in [0.05, 0.1) is 11.5 Å². The number of thioether (sulfide) groups is 1. The van der Waals surface area contributed by atoms with Crippen LogP contribution in [0.5, 0.6) is 0 Å². The predicted octanol–water partition coefficient (Wildman–Crippen LogP) is 4.97. The average molecular weight is 534 g/mol. The molecule has 0 spiro atoms. The number of aryl methyl sites for hydroxylation is 1. The number of amides is 3. The maximum Gasteiger partial charge on any atom is 0.272 e. The van der Waals surface area contributed by atoms with E-state index in [2.05, 4.69) is 26.1 Å². The van der Waals surface area contributed by atoms with Crippen LogP contribution in [0.3, 0.4) is 0 Å². The van der Waals surface area contributed by atoms with Crippen LogP contribution in [-0.2, 0) is 9.59 Å². The van der Waals surface area contributed by atoms with Gasteiger partial charge in [0.2, 0.25) is 11.0 Å². The van der Waals surface area contributed by atoms with Gasteiger partial charge in [-0.05, 0) is 62.4 Å². The van der Waals surface area contributed by atoms with Gasteiger partial charge in [-0.15, -0.1) is 22.0 Å². The zero-order valence-corrected chi connectivity index (χ0v) is 21.6. The monoisotopic (exact) mass is 533 g/mol. The first-order valence-electron chi connectivity index (χ1n) is 11.2. The second kappa shape index (κ2) is 12.2. The molecule has 1 unspecified atom stereocenters. The number of carbonyl (C=O) groups is 3. The number of nitrogens with one attached hydrogen (secondary N) is 3. The largest absolute Gasteiger partial charge is 0.465 e. The van der Waals surface area contributed by atoms with Gasteiger partial charge >= 0.3 is 0 Å². The number of carbonyl (C=O) groups excluding carboxylic acids is 3. The predicted molar refractivity (Wildman–Crippen MR) is 144 cm³/mol. The van der Waals surface area contributed by atoms with Crippen molar-refractivity contribution in [1.82, 2.24) is 15.5 Å². The van der Waals surface area contributed by atoms with E-state index in [1.807, 2.05) is 6.92 Å². The third-order valence-corrected chi connectivity index (χ3v) is 6.78. The molecule has 0 aliphatic rings.